The van der Waals surface area contributed by atoms with Gasteiger partial charge in [0.15, 0.2) is 5.82 Å². The number of aromatic nitrogens is 3. The van der Waals surface area contributed by atoms with Crippen LogP contribution in [0.15, 0.2) is 18.2 Å². The third-order valence-electron chi connectivity index (χ3n) is 2.21. The molecule has 0 amide bonds. The van der Waals surface area contributed by atoms with Gasteiger partial charge < -0.3 is 0 Å². The van der Waals surface area contributed by atoms with Crippen LogP contribution in [0.2, 0.25) is 10.6 Å². The highest BCUT2D eigenvalue weighted by atomic mass is 35.5. The van der Waals surface area contributed by atoms with Crippen LogP contribution in [0.1, 0.15) is 11.1 Å². The minimum Gasteiger partial charge on any atom is -0.198 e. The monoisotopic (exact) mass is 253 g/mol. The molecule has 0 bridgehead atoms. The molecule has 2 aromatic rings. The van der Waals surface area contributed by atoms with E-state index >= 15 is 0 Å². The summed E-state index contributed by atoms with van der Waals surface area (Å²) in [7, 11) is 0. The zero-order chi connectivity index (χ0) is 11.7. The number of rotatable bonds is 1. The van der Waals surface area contributed by atoms with Crippen molar-refractivity contribution in [3.63, 3.8) is 0 Å². The van der Waals surface area contributed by atoms with E-state index in [0.717, 1.165) is 16.7 Å². The normalized spacial score (nSPS) is 10.5. The largest absolute Gasteiger partial charge is 0.227 e. The molecule has 0 N–H and O–H groups in total. The summed E-state index contributed by atoms with van der Waals surface area (Å²) in [6.07, 6.45) is 0. The number of hydrogen-bond donors (Lipinski definition) is 0. The van der Waals surface area contributed by atoms with E-state index in [2.05, 4.69) is 15.0 Å². The molecule has 5 heteroatoms. The number of hydrogen-bond acceptors (Lipinski definition) is 3. The molecule has 0 saturated heterocycles. The highest BCUT2D eigenvalue weighted by Crippen LogP contribution is 2.22. The molecule has 0 unspecified atom stereocenters. The Morgan fingerprint density at radius 1 is 0.938 bits per heavy atom. The Balaban J connectivity index is 2.62. The molecule has 82 valence electrons. The van der Waals surface area contributed by atoms with Crippen LogP contribution in [-0.2, 0) is 0 Å². The van der Waals surface area contributed by atoms with Crippen molar-refractivity contribution >= 4 is 23.2 Å². The molecule has 0 radical (unpaired) electrons. The van der Waals surface area contributed by atoms with E-state index < -0.39 is 0 Å². The van der Waals surface area contributed by atoms with Gasteiger partial charge in [-0.15, -0.1) is 0 Å². The smallest absolute Gasteiger partial charge is 0.198 e. The molecule has 0 saturated carbocycles. The maximum atomic E-state index is 5.75. The fourth-order valence-corrected chi connectivity index (χ4v) is 1.79. The SMILES string of the molecule is Cc1ccc(C)c(-c2nc(Cl)nc(Cl)n2)c1. The van der Waals surface area contributed by atoms with Crippen LogP contribution in [0.3, 0.4) is 0 Å². The fraction of sp³-hybridized carbons (Fsp3) is 0.182. The van der Waals surface area contributed by atoms with Gasteiger partial charge in [0.2, 0.25) is 10.6 Å². The van der Waals surface area contributed by atoms with E-state index in [4.69, 9.17) is 23.2 Å². The molecule has 1 aromatic heterocycles. The summed E-state index contributed by atoms with van der Waals surface area (Å²) in [5.41, 5.74) is 3.13. The lowest BCUT2D eigenvalue weighted by Crippen LogP contribution is -1.95. The second-order valence-electron chi connectivity index (χ2n) is 3.52. The van der Waals surface area contributed by atoms with Crippen molar-refractivity contribution in [2.75, 3.05) is 0 Å². The lowest BCUT2D eigenvalue weighted by molar-refractivity contribution is 1.05. The Labute approximate surface area is 103 Å². The van der Waals surface area contributed by atoms with Gasteiger partial charge in [-0.2, -0.15) is 15.0 Å². The first-order valence-corrected chi connectivity index (χ1v) is 5.46. The topological polar surface area (TPSA) is 38.7 Å². The number of nitrogens with zero attached hydrogens (tertiary/aromatic N) is 3. The molecule has 3 nitrogen and oxygen atoms in total. The first kappa shape index (κ1) is 11.3. The van der Waals surface area contributed by atoms with Crippen LogP contribution in [0.5, 0.6) is 0 Å². The average Bonchev–Trinajstić information content (AvgIpc) is 2.20. The third kappa shape index (κ3) is 2.31. The standard InChI is InChI=1S/C11H9Cl2N3/c1-6-3-4-7(2)8(5-6)9-14-10(12)16-11(13)15-9/h3-5H,1-2H3. The molecule has 16 heavy (non-hydrogen) atoms. The summed E-state index contributed by atoms with van der Waals surface area (Å²) in [5, 5.41) is 0.215. The van der Waals surface area contributed by atoms with Crippen molar-refractivity contribution < 1.29 is 0 Å². The van der Waals surface area contributed by atoms with Crippen LogP contribution in [0.25, 0.3) is 11.4 Å². The van der Waals surface area contributed by atoms with Crippen LogP contribution >= 0.6 is 23.2 Å². The van der Waals surface area contributed by atoms with Crippen LogP contribution in [0, 0.1) is 13.8 Å². The zero-order valence-corrected chi connectivity index (χ0v) is 10.3. The Morgan fingerprint density at radius 3 is 2.19 bits per heavy atom. The van der Waals surface area contributed by atoms with Crippen LogP contribution in [-0.4, -0.2) is 15.0 Å². The van der Waals surface area contributed by atoms with Gasteiger partial charge in [-0.3, -0.25) is 0 Å². The molecule has 1 aromatic carbocycles. The molecule has 1 heterocycles. The van der Waals surface area contributed by atoms with Crippen molar-refractivity contribution in [3.8, 4) is 11.4 Å². The summed E-state index contributed by atoms with van der Waals surface area (Å²) in [6.45, 7) is 3.99. The van der Waals surface area contributed by atoms with Gasteiger partial charge in [0.05, 0.1) is 0 Å². The Hall–Kier alpha value is -1.19. The lowest BCUT2D eigenvalue weighted by Gasteiger charge is -2.05. The van der Waals surface area contributed by atoms with Gasteiger partial charge in [0.1, 0.15) is 0 Å². The molecule has 0 fully saturated rings. The summed E-state index contributed by atoms with van der Waals surface area (Å²) >= 11 is 11.5. The quantitative estimate of drug-likeness (QED) is 0.782. The Kier molecular flexibility index (Phi) is 3.08. The molecule has 0 aliphatic carbocycles. The van der Waals surface area contributed by atoms with Crippen molar-refractivity contribution in [1.82, 2.24) is 15.0 Å². The van der Waals surface area contributed by atoms with Gasteiger partial charge in [-0.05, 0) is 48.7 Å². The third-order valence-corrected chi connectivity index (χ3v) is 2.55. The molecule has 0 atom stereocenters. The summed E-state index contributed by atoms with van der Waals surface area (Å²) in [5.74, 6) is 0.506. The maximum Gasteiger partial charge on any atom is 0.227 e. The average molecular weight is 254 g/mol. The predicted molar refractivity (Wildman–Crippen MR) is 64.8 cm³/mol. The first-order chi connectivity index (χ1) is 7.56. The number of benzene rings is 1. The van der Waals surface area contributed by atoms with Crippen molar-refractivity contribution in [3.05, 3.63) is 39.9 Å². The Bertz CT molecular complexity index is 520. The van der Waals surface area contributed by atoms with Crippen molar-refractivity contribution in [2.45, 2.75) is 13.8 Å². The van der Waals surface area contributed by atoms with E-state index in [0.29, 0.717) is 5.82 Å². The zero-order valence-electron chi connectivity index (χ0n) is 8.83. The summed E-state index contributed by atoms with van der Waals surface area (Å²) < 4.78 is 0. The lowest BCUT2D eigenvalue weighted by atomic mass is 10.1. The molecule has 0 spiro atoms. The van der Waals surface area contributed by atoms with Gasteiger partial charge in [0, 0.05) is 5.56 Å². The van der Waals surface area contributed by atoms with E-state index in [1.54, 1.807) is 0 Å². The van der Waals surface area contributed by atoms with Crippen LogP contribution < -0.4 is 0 Å². The highest BCUT2D eigenvalue weighted by Gasteiger charge is 2.08. The van der Waals surface area contributed by atoms with E-state index in [1.807, 2.05) is 32.0 Å². The molecule has 2 rings (SSSR count). The number of aryl methyl sites for hydroxylation is 2. The molecule has 0 aliphatic rings. The molecule has 0 aliphatic heterocycles. The number of halogens is 2. The van der Waals surface area contributed by atoms with Gasteiger partial charge >= 0.3 is 0 Å². The van der Waals surface area contributed by atoms with Crippen molar-refractivity contribution in [1.29, 1.82) is 0 Å². The van der Waals surface area contributed by atoms with Gasteiger partial charge in [-0.1, -0.05) is 17.7 Å². The summed E-state index contributed by atoms with van der Waals surface area (Å²) in [6, 6.07) is 6.04. The van der Waals surface area contributed by atoms with Crippen molar-refractivity contribution in [2.24, 2.45) is 0 Å². The minimum absolute atomic E-state index is 0.107. The molecular formula is C11H9Cl2N3. The summed E-state index contributed by atoms with van der Waals surface area (Å²) in [4.78, 5) is 11.9. The predicted octanol–water partition coefficient (Wildman–Crippen LogP) is 3.46. The van der Waals surface area contributed by atoms with E-state index in [-0.39, 0.29) is 10.6 Å². The first-order valence-electron chi connectivity index (χ1n) is 4.71. The molecular weight excluding hydrogens is 245 g/mol. The minimum atomic E-state index is 0.107. The fourth-order valence-electron chi connectivity index (χ4n) is 1.42. The second-order valence-corrected chi connectivity index (χ2v) is 4.19. The van der Waals surface area contributed by atoms with E-state index in [9.17, 15) is 0 Å². The van der Waals surface area contributed by atoms with Gasteiger partial charge in [0.25, 0.3) is 0 Å². The maximum absolute atomic E-state index is 5.75. The second kappa shape index (κ2) is 4.36. The van der Waals surface area contributed by atoms with Crippen LogP contribution in [0.4, 0.5) is 0 Å². The Morgan fingerprint density at radius 2 is 1.56 bits per heavy atom. The van der Waals surface area contributed by atoms with Gasteiger partial charge in [-0.25, -0.2) is 0 Å². The highest BCUT2D eigenvalue weighted by molar-refractivity contribution is 6.31. The van der Waals surface area contributed by atoms with E-state index in [1.165, 1.54) is 0 Å².